The number of rotatable bonds is 3. The van der Waals surface area contributed by atoms with Crippen LogP contribution in [0.2, 0.25) is 0 Å². The van der Waals surface area contributed by atoms with E-state index in [1.165, 1.54) is 0 Å². The van der Waals surface area contributed by atoms with E-state index in [1.54, 1.807) is 6.07 Å². The zero-order valence-corrected chi connectivity index (χ0v) is 10.4. The molecule has 0 bridgehead atoms. The summed E-state index contributed by atoms with van der Waals surface area (Å²) in [7, 11) is 0. The summed E-state index contributed by atoms with van der Waals surface area (Å²) in [4.78, 5) is 0. The third-order valence-electron chi connectivity index (χ3n) is 2.30. The number of phenols is 1. The summed E-state index contributed by atoms with van der Waals surface area (Å²) in [6.07, 6.45) is 0. The van der Waals surface area contributed by atoms with Gasteiger partial charge in [0.2, 0.25) is 0 Å². The number of phenolic OH excluding ortho intramolecular Hbond substituents is 1. The van der Waals surface area contributed by atoms with E-state index in [0.717, 1.165) is 21.7 Å². The summed E-state index contributed by atoms with van der Waals surface area (Å²) in [6, 6.07) is 9.24. The monoisotopic (exact) mass is 281 g/mol. The maximum absolute atomic E-state index is 9.53. The number of benzene rings is 1. The van der Waals surface area contributed by atoms with Crippen LogP contribution >= 0.6 is 15.9 Å². The number of nitrogens with one attached hydrogen (secondary N) is 1. The van der Waals surface area contributed by atoms with E-state index in [9.17, 15) is 5.11 Å². The second-order valence-corrected chi connectivity index (χ2v) is 4.34. The van der Waals surface area contributed by atoms with Crippen molar-refractivity contribution in [1.82, 2.24) is 0 Å². The molecule has 0 spiro atoms. The standard InChI is InChI=1S/C12H12BrNO2/c1-8-2-3-9(6-11(8)15)14-7-10-4-5-12(13)16-10/h2-6,14-15H,7H2,1H3. The third-order valence-corrected chi connectivity index (χ3v) is 2.73. The minimum atomic E-state index is 0.297. The average Bonchev–Trinajstić information content (AvgIpc) is 2.66. The number of hydrogen-bond acceptors (Lipinski definition) is 3. The first-order chi connectivity index (χ1) is 7.65. The van der Waals surface area contributed by atoms with Crippen LogP contribution in [0.25, 0.3) is 0 Å². The van der Waals surface area contributed by atoms with Crippen LogP contribution in [0.4, 0.5) is 5.69 Å². The molecule has 0 fully saturated rings. The largest absolute Gasteiger partial charge is 0.508 e. The fraction of sp³-hybridized carbons (Fsp3) is 0.167. The maximum Gasteiger partial charge on any atom is 0.169 e. The van der Waals surface area contributed by atoms with E-state index in [-0.39, 0.29) is 0 Å². The van der Waals surface area contributed by atoms with E-state index >= 15 is 0 Å². The molecular formula is C12H12BrNO2. The van der Waals surface area contributed by atoms with Gasteiger partial charge in [-0.2, -0.15) is 0 Å². The first-order valence-electron chi connectivity index (χ1n) is 4.93. The molecule has 1 aromatic heterocycles. The van der Waals surface area contributed by atoms with Crippen LogP contribution < -0.4 is 5.32 Å². The second-order valence-electron chi connectivity index (χ2n) is 3.56. The Hall–Kier alpha value is -1.42. The second kappa shape index (κ2) is 4.61. The SMILES string of the molecule is Cc1ccc(NCc2ccc(Br)o2)cc1O. The van der Waals surface area contributed by atoms with Gasteiger partial charge < -0.3 is 14.8 Å². The molecule has 0 aliphatic rings. The van der Waals surface area contributed by atoms with Gasteiger partial charge in [-0.15, -0.1) is 0 Å². The van der Waals surface area contributed by atoms with Crippen LogP contribution in [0, 0.1) is 6.92 Å². The summed E-state index contributed by atoms with van der Waals surface area (Å²) < 4.78 is 6.07. The van der Waals surface area contributed by atoms with Gasteiger partial charge in [-0.3, -0.25) is 0 Å². The van der Waals surface area contributed by atoms with E-state index < -0.39 is 0 Å². The minimum absolute atomic E-state index is 0.297. The molecule has 0 atom stereocenters. The summed E-state index contributed by atoms with van der Waals surface area (Å²) >= 11 is 3.25. The number of anilines is 1. The highest BCUT2D eigenvalue weighted by molar-refractivity contribution is 9.10. The van der Waals surface area contributed by atoms with Gasteiger partial charge in [0.05, 0.1) is 6.54 Å². The van der Waals surface area contributed by atoms with Gasteiger partial charge >= 0.3 is 0 Å². The highest BCUT2D eigenvalue weighted by Gasteiger charge is 2.01. The van der Waals surface area contributed by atoms with Gasteiger partial charge in [-0.25, -0.2) is 0 Å². The molecule has 2 N–H and O–H groups in total. The number of aryl methyl sites for hydroxylation is 1. The fourth-order valence-corrected chi connectivity index (χ4v) is 1.70. The summed E-state index contributed by atoms with van der Waals surface area (Å²) in [5.74, 6) is 1.14. The molecule has 0 unspecified atom stereocenters. The fourth-order valence-electron chi connectivity index (χ4n) is 1.36. The molecule has 3 nitrogen and oxygen atoms in total. The Labute approximate surface area is 102 Å². The molecule has 0 radical (unpaired) electrons. The number of hydrogen-bond donors (Lipinski definition) is 2. The molecule has 1 aromatic carbocycles. The number of halogens is 1. The topological polar surface area (TPSA) is 45.4 Å². The molecule has 2 aromatic rings. The van der Waals surface area contributed by atoms with E-state index in [0.29, 0.717) is 12.3 Å². The molecule has 84 valence electrons. The predicted molar refractivity (Wildman–Crippen MR) is 66.6 cm³/mol. The van der Waals surface area contributed by atoms with Crippen LogP contribution in [0.5, 0.6) is 5.75 Å². The molecule has 1 heterocycles. The lowest BCUT2D eigenvalue weighted by Crippen LogP contribution is -1.97. The lowest BCUT2D eigenvalue weighted by Gasteiger charge is -2.06. The summed E-state index contributed by atoms with van der Waals surface area (Å²) in [6.45, 7) is 2.46. The zero-order chi connectivity index (χ0) is 11.5. The molecule has 4 heteroatoms. The quantitative estimate of drug-likeness (QED) is 0.902. The minimum Gasteiger partial charge on any atom is -0.508 e. The third kappa shape index (κ3) is 2.58. The Balaban J connectivity index is 2.02. The van der Waals surface area contributed by atoms with E-state index in [4.69, 9.17) is 4.42 Å². The number of furan rings is 1. The van der Waals surface area contributed by atoms with Gasteiger partial charge in [0, 0.05) is 11.8 Å². The van der Waals surface area contributed by atoms with Gasteiger partial charge in [0.15, 0.2) is 4.67 Å². The highest BCUT2D eigenvalue weighted by Crippen LogP contribution is 2.22. The van der Waals surface area contributed by atoms with Gasteiger partial charge in [-0.05, 0) is 46.6 Å². The Bertz CT molecular complexity index is 494. The summed E-state index contributed by atoms with van der Waals surface area (Å²) in [5, 5.41) is 12.7. The van der Waals surface area contributed by atoms with Crippen molar-refractivity contribution in [1.29, 1.82) is 0 Å². The van der Waals surface area contributed by atoms with Crippen LogP contribution in [0.15, 0.2) is 39.4 Å². The zero-order valence-electron chi connectivity index (χ0n) is 8.83. The van der Waals surface area contributed by atoms with Crippen molar-refractivity contribution >= 4 is 21.6 Å². The van der Waals surface area contributed by atoms with Crippen LogP contribution in [-0.2, 0) is 6.54 Å². The van der Waals surface area contributed by atoms with Crippen molar-refractivity contribution in [2.24, 2.45) is 0 Å². The molecule has 16 heavy (non-hydrogen) atoms. The smallest absolute Gasteiger partial charge is 0.169 e. The Morgan fingerprint density at radius 2 is 2.12 bits per heavy atom. The molecule has 0 aliphatic heterocycles. The Morgan fingerprint density at radius 3 is 2.75 bits per heavy atom. The molecule has 2 rings (SSSR count). The van der Waals surface area contributed by atoms with Crippen LogP contribution in [-0.4, -0.2) is 5.11 Å². The summed E-state index contributed by atoms with van der Waals surface area (Å²) in [5.41, 5.74) is 1.74. The molecule has 0 saturated heterocycles. The Morgan fingerprint density at radius 1 is 1.31 bits per heavy atom. The average molecular weight is 282 g/mol. The maximum atomic E-state index is 9.53. The van der Waals surface area contributed by atoms with Crippen molar-refractivity contribution in [3.05, 3.63) is 46.3 Å². The molecular weight excluding hydrogens is 270 g/mol. The highest BCUT2D eigenvalue weighted by atomic mass is 79.9. The van der Waals surface area contributed by atoms with E-state index in [2.05, 4.69) is 21.2 Å². The number of aromatic hydroxyl groups is 1. The first kappa shape index (κ1) is 11.1. The van der Waals surface area contributed by atoms with Crippen molar-refractivity contribution in [3.8, 4) is 5.75 Å². The molecule has 0 amide bonds. The lowest BCUT2D eigenvalue weighted by molar-refractivity contribution is 0.471. The van der Waals surface area contributed by atoms with Gasteiger partial charge in [-0.1, -0.05) is 6.07 Å². The van der Waals surface area contributed by atoms with Crippen molar-refractivity contribution in [3.63, 3.8) is 0 Å². The van der Waals surface area contributed by atoms with Crippen molar-refractivity contribution in [2.45, 2.75) is 13.5 Å². The van der Waals surface area contributed by atoms with Gasteiger partial charge in [0.1, 0.15) is 11.5 Å². The lowest BCUT2D eigenvalue weighted by atomic mass is 10.2. The first-order valence-corrected chi connectivity index (χ1v) is 5.72. The van der Waals surface area contributed by atoms with Crippen molar-refractivity contribution < 1.29 is 9.52 Å². The van der Waals surface area contributed by atoms with Crippen molar-refractivity contribution in [2.75, 3.05) is 5.32 Å². The molecule has 0 saturated carbocycles. The molecule has 0 aliphatic carbocycles. The van der Waals surface area contributed by atoms with Crippen LogP contribution in [0.3, 0.4) is 0 Å². The normalized spacial score (nSPS) is 10.4. The van der Waals surface area contributed by atoms with Crippen LogP contribution in [0.1, 0.15) is 11.3 Å². The van der Waals surface area contributed by atoms with Gasteiger partial charge in [0.25, 0.3) is 0 Å². The predicted octanol–water partition coefficient (Wildman–Crippen LogP) is 3.67. The van der Waals surface area contributed by atoms with E-state index in [1.807, 2.05) is 31.2 Å². The Kier molecular flexibility index (Phi) is 3.19.